The van der Waals surface area contributed by atoms with E-state index in [1.54, 1.807) is 31.3 Å². The van der Waals surface area contributed by atoms with E-state index in [1.165, 1.54) is 4.90 Å². The molecule has 0 saturated carbocycles. The second-order valence-corrected chi connectivity index (χ2v) is 6.83. The van der Waals surface area contributed by atoms with E-state index < -0.39 is 9.84 Å². The first kappa shape index (κ1) is 12.9. The summed E-state index contributed by atoms with van der Waals surface area (Å²) in [6.45, 7) is 0. The van der Waals surface area contributed by atoms with Crippen molar-refractivity contribution in [2.45, 2.75) is 12.5 Å². The molecule has 1 saturated heterocycles. The summed E-state index contributed by atoms with van der Waals surface area (Å²) < 4.78 is 22.8. The predicted octanol–water partition coefficient (Wildman–Crippen LogP) is 0.528. The molecule has 6 heteroatoms. The Morgan fingerprint density at radius 1 is 1.44 bits per heavy atom. The molecule has 1 aliphatic heterocycles. The minimum absolute atomic E-state index is 0.0531. The molecule has 0 spiro atoms. The third kappa shape index (κ3) is 2.64. The van der Waals surface area contributed by atoms with Crippen molar-refractivity contribution in [2.75, 3.05) is 24.3 Å². The smallest absolute Gasteiger partial charge is 0.253 e. The molecule has 1 aromatic rings. The molecule has 0 aromatic heterocycles. The molecule has 0 radical (unpaired) electrons. The maximum absolute atomic E-state index is 12.2. The van der Waals surface area contributed by atoms with Gasteiger partial charge in [0.1, 0.15) is 0 Å². The SMILES string of the molecule is CN(C(=O)c1cccc(N)c1)C1CCS(=O)(=O)C1. The Bertz CT molecular complexity index is 568. The zero-order chi connectivity index (χ0) is 13.3. The Hall–Kier alpha value is -1.56. The molecule has 5 nitrogen and oxygen atoms in total. The fourth-order valence-electron chi connectivity index (χ4n) is 2.12. The standard InChI is InChI=1S/C12H16N2O3S/c1-14(11-5-6-18(16,17)8-11)12(15)9-3-2-4-10(13)7-9/h2-4,7,11H,5-6,8,13H2,1H3. The van der Waals surface area contributed by atoms with Crippen molar-refractivity contribution in [3.63, 3.8) is 0 Å². The summed E-state index contributed by atoms with van der Waals surface area (Å²) >= 11 is 0. The molecule has 1 unspecified atom stereocenters. The van der Waals surface area contributed by atoms with Crippen LogP contribution in [0.5, 0.6) is 0 Å². The van der Waals surface area contributed by atoms with Crippen molar-refractivity contribution in [1.29, 1.82) is 0 Å². The predicted molar refractivity (Wildman–Crippen MR) is 70.0 cm³/mol. The van der Waals surface area contributed by atoms with Gasteiger partial charge >= 0.3 is 0 Å². The fraction of sp³-hybridized carbons (Fsp3) is 0.417. The number of rotatable bonds is 2. The van der Waals surface area contributed by atoms with Crippen LogP contribution in [0.25, 0.3) is 0 Å². The highest BCUT2D eigenvalue weighted by molar-refractivity contribution is 7.91. The topological polar surface area (TPSA) is 80.5 Å². The Kier molecular flexibility index (Phi) is 3.30. The highest BCUT2D eigenvalue weighted by atomic mass is 32.2. The second-order valence-electron chi connectivity index (χ2n) is 4.60. The molecule has 0 bridgehead atoms. The Morgan fingerprint density at radius 2 is 2.17 bits per heavy atom. The molecular formula is C12H16N2O3S. The van der Waals surface area contributed by atoms with Gasteiger partial charge in [0.15, 0.2) is 9.84 Å². The summed E-state index contributed by atoms with van der Waals surface area (Å²) in [5, 5.41) is 0. The molecule has 1 aromatic carbocycles. The van der Waals surface area contributed by atoms with Gasteiger partial charge in [-0.15, -0.1) is 0 Å². The van der Waals surface area contributed by atoms with E-state index in [2.05, 4.69) is 0 Å². The normalized spacial score (nSPS) is 21.7. The fourth-order valence-corrected chi connectivity index (χ4v) is 3.90. The van der Waals surface area contributed by atoms with Gasteiger partial charge in [-0.3, -0.25) is 4.79 Å². The van der Waals surface area contributed by atoms with Crippen molar-refractivity contribution >= 4 is 21.4 Å². The van der Waals surface area contributed by atoms with Gasteiger partial charge in [-0.25, -0.2) is 8.42 Å². The maximum atomic E-state index is 12.2. The molecule has 1 heterocycles. The monoisotopic (exact) mass is 268 g/mol. The van der Waals surface area contributed by atoms with Crippen LogP contribution in [0.1, 0.15) is 16.8 Å². The second kappa shape index (κ2) is 4.61. The minimum Gasteiger partial charge on any atom is -0.399 e. The van der Waals surface area contributed by atoms with Crippen LogP contribution in [0.15, 0.2) is 24.3 Å². The van der Waals surface area contributed by atoms with Crippen LogP contribution in [0, 0.1) is 0 Å². The van der Waals surface area contributed by atoms with Crippen LogP contribution in [0.4, 0.5) is 5.69 Å². The largest absolute Gasteiger partial charge is 0.399 e. The van der Waals surface area contributed by atoms with Gasteiger partial charge in [0, 0.05) is 24.3 Å². The van der Waals surface area contributed by atoms with Gasteiger partial charge in [-0.2, -0.15) is 0 Å². The molecule has 1 atom stereocenters. The van der Waals surface area contributed by atoms with Gasteiger partial charge in [0.05, 0.1) is 11.5 Å². The van der Waals surface area contributed by atoms with E-state index >= 15 is 0 Å². The summed E-state index contributed by atoms with van der Waals surface area (Å²) in [4.78, 5) is 13.7. The summed E-state index contributed by atoms with van der Waals surface area (Å²) in [5.41, 5.74) is 6.64. The van der Waals surface area contributed by atoms with Gasteiger partial charge in [-0.05, 0) is 24.6 Å². The summed E-state index contributed by atoms with van der Waals surface area (Å²) in [6, 6.07) is 6.46. The lowest BCUT2D eigenvalue weighted by Crippen LogP contribution is -2.37. The third-order valence-corrected chi connectivity index (χ3v) is 4.96. The average Bonchev–Trinajstić information content (AvgIpc) is 2.68. The lowest BCUT2D eigenvalue weighted by molar-refractivity contribution is 0.0748. The number of benzene rings is 1. The zero-order valence-electron chi connectivity index (χ0n) is 10.2. The first-order valence-electron chi connectivity index (χ1n) is 5.72. The highest BCUT2D eigenvalue weighted by Crippen LogP contribution is 2.19. The average molecular weight is 268 g/mol. The van der Waals surface area contributed by atoms with Crippen LogP contribution in [-0.4, -0.2) is 43.8 Å². The molecule has 18 heavy (non-hydrogen) atoms. The van der Waals surface area contributed by atoms with E-state index in [1.807, 2.05) is 0 Å². The zero-order valence-corrected chi connectivity index (χ0v) is 11.0. The van der Waals surface area contributed by atoms with Crippen molar-refractivity contribution < 1.29 is 13.2 Å². The maximum Gasteiger partial charge on any atom is 0.253 e. The third-order valence-electron chi connectivity index (χ3n) is 3.21. The molecule has 1 fully saturated rings. The number of amides is 1. The molecule has 2 N–H and O–H groups in total. The number of anilines is 1. The number of nitrogens with two attached hydrogens (primary N) is 1. The molecule has 0 aliphatic carbocycles. The minimum atomic E-state index is -2.98. The van der Waals surface area contributed by atoms with Crippen LogP contribution >= 0.6 is 0 Å². The number of carbonyl (C=O) groups is 1. The number of carbonyl (C=O) groups excluding carboxylic acids is 1. The van der Waals surface area contributed by atoms with Gasteiger partial charge in [0.25, 0.3) is 5.91 Å². The van der Waals surface area contributed by atoms with Gasteiger partial charge < -0.3 is 10.6 Å². The number of hydrogen-bond acceptors (Lipinski definition) is 4. The number of sulfone groups is 1. The van der Waals surface area contributed by atoms with Crippen LogP contribution in [-0.2, 0) is 9.84 Å². The van der Waals surface area contributed by atoms with Gasteiger partial charge in [0.2, 0.25) is 0 Å². The van der Waals surface area contributed by atoms with Crippen molar-refractivity contribution in [3.05, 3.63) is 29.8 Å². The summed E-state index contributed by atoms with van der Waals surface area (Å²) in [7, 11) is -1.35. The Morgan fingerprint density at radius 3 is 2.72 bits per heavy atom. The van der Waals surface area contributed by atoms with Crippen molar-refractivity contribution in [2.24, 2.45) is 0 Å². The lowest BCUT2D eigenvalue weighted by atomic mass is 10.1. The quantitative estimate of drug-likeness (QED) is 0.793. The van der Waals surface area contributed by atoms with E-state index in [9.17, 15) is 13.2 Å². The van der Waals surface area contributed by atoms with E-state index in [-0.39, 0.29) is 23.5 Å². The molecular weight excluding hydrogens is 252 g/mol. The number of nitrogen functional groups attached to an aromatic ring is 1. The highest BCUT2D eigenvalue weighted by Gasteiger charge is 2.32. The van der Waals surface area contributed by atoms with E-state index in [0.717, 1.165) is 0 Å². The first-order valence-corrected chi connectivity index (χ1v) is 7.54. The molecule has 1 aliphatic rings. The molecule has 1 amide bonds. The van der Waals surface area contributed by atoms with Crippen LogP contribution in [0.3, 0.4) is 0 Å². The lowest BCUT2D eigenvalue weighted by Gasteiger charge is -2.23. The Labute approximate surface area is 107 Å². The van der Waals surface area contributed by atoms with E-state index in [4.69, 9.17) is 5.73 Å². The van der Waals surface area contributed by atoms with Crippen molar-refractivity contribution in [3.8, 4) is 0 Å². The first-order chi connectivity index (χ1) is 8.39. The van der Waals surface area contributed by atoms with E-state index in [0.29, 0.717) is 17.7 Å². The van der Waals surface area contributed by atoms with Crippen LogP contribution in [0.2, 0.25) is 0 Å². The Balaban J connectivity index is 2.15. The van der Waals surface area contributed by atoms with Crippen molar-refractivity contribution in [1.82, 2.24) is 4.90 Å². The number of nitrogens with zero attached hydrogens (tertiary/aromatic N) is 1. The molecule has 98 valence electrons. The molecule has 2 rings (SSSR count). The summed E-state index contributed by atoms with van der Waals surface area (Å²) in [6.07, 6.45) is 0.507. The number of hydrogen-bond donors (Lipinski definition) is 1. The summed E-state index contributed by atoms with van der Waals surface area (Å²) in [5.74, 6) is 0.0217. The van der Waals surface area contributed by atoms with Gasteiger partial charge in [-0.1, -0.05) is 6.07 Å². The van der Waals surface area contributed by atoms with Crippen LogP contribution < -0.4 is 5.73 Å².